The van der Waals surface area contributed by atoms with Gasteiger partial charge < -0.3 is 15.7 Å². The Morgan fingerprint density at radius 3 is 2.52 bits per heavy atom. The second-order valence-electron chi connectivity index (χ2n) is 5.01. The minimum Gasteiger partial charge on any atom is -0.508 e. The van der Waals surface area contributed by atoms with Crippen molar-refractivity contribution >= 4 is 17.3 Å². The highest BCUT2D eigenvalue weighted by Crippen LogP contribution is 2.22. The topological polar surface area (TPSA) is 61.4 Å². The standard InChI is InChI=1S/C16H15F3N2O2/c1-10-7-12(5-6-14(10)22)20-9-11-3-2-4-13(8-11)21-15(23)16(17,18)19/h2-8,20,22H,9H2,1H3,(H,21,23). The number of nitrogens with one attached hydrogen (secondary N) is 2. The summed E-state index contributed by atoms with van der Waals surface area (Å²) in [6.45, 7) is 2.12. The molecule has 0 saturated carbocycles. The number of phenols is 1. The van der Waals surface area contributed by atoms with Gasteiger partial charge in [0, 0.05) is 17.9 Å². The molecule has 0 radical (unpaired) electrons. The summed E-state index contributed by atoms with van der Waals surface area (Å²) in [6.07, 6.45) is -4.92. The van der Waals surface area contributed by atoms with Crippen molar-refractivity contribution in [2.45, 2.75) is 19.6 Å². The number of rotatable bonds is 4. The van der Waals surface area contributed by atoms with Gasteiger partial charge >= 0.3 is 12.1 Å². The van der Waals surface area contributed by atoms with Crippen LogP contribution in [0.25, 0.3) is 0 Å². The Bertz CT molecular complexity index is 715. The van der Waals surface area contributed by atoms with E-state index >= 15 is 0 Å². The van der Waals surface area contributed by atoms with E-state index in [-0.39, 0.29) is 11.4 Å². The number of phenolic OH excluding ortho intramolecular Hbond substituents is 1. The Balaban J connectivity index is 2.02. The zero-order valence-corrected chi connectivity index (χ0v) is 12.2. The maximum absolute atomic E-state index is 12.2. The molecule has 122 valence electrons. The molecule has 0 saturated heterocycles. The third-order valence-electron chi connectivity index (χ3n) is 3.14. The van der Waals surface area contributed by atoms with Crippen LogP contribution in [0.15, 0.2) is 42.5 Å². The average molecular weight is 324 g/mol. The lowest BCUT2D eigenvalue weighted by molar-refractivity contribution is -0.167. The van der Waals surface area contributed by atoms with Crippen molar-refractivity contribution in [2.24, 2.45) is 0 Å². The first kappa shape index (κ1) is 16.7. The first-order valence-electron chi connectivity index (χ1n) is 6.76. The molecular weight excluding hydrogens is 309 g/mol. The van der Waals surface area contributed by atoms with E-state index in [1.54, 1.807) is 37.3 Å². The highest BCUT2D eigenvalue weighted by molar-refractivity contribution is 5.94. The lowest BCUT2D eigenvalue weighted by atomic mass is 10.1. The smallest absolute Gasteiger partial charge is 0.471 e. The van der Waals surface area contributed by atoms with Gasteiger partial charge in [0.2, 0.25) is 0 Å². The quantitative estimate of drug-likeness (QED) is 0.750. The molecule has 7 heteroatoms. The van der Waals surface area contributed by atoms with Crippen molar-refractivity contribution in [1.82, 2.24) is 0 Å². The van der Waals surface area contributed by atoms with Crippen molar-refractivity contribution in [2.75, 3.05) is 10.6 Å². The predicted molar refractivity (Wildman–Crippen MR) is 81.3 cm³/mol. The minimum absolute atomic E-state index is 0.0773. The number of hydrogen-bond donors (Lipinski definition) is 3. The van der Waals surface area contributed by atoms with Crippen molar-refractivity contribution in [1.29, 1.82) is 0 Å². The Morgan fingerprint density at radius 1 is 1.13 bits per heavy atom. The summed E-state index contributed by atoms with van der Waals surface area (Å²) in [6, 6.07) is 11.1. The monoisotopic (exact) mass is 324 g/mol. The van der Waals surface area contributed by atoms with Gasteiger partial charge in [-0.15, -0.1) is 0 Å². The SMILES string of the molecule is Cc1cc(NCc2cccc(NC(=O)C(F)(F)F)c2)ccc1O. The van der Waals surface area contributed by atoms with E-state index in [4.69, 9.17) is 0 Å². The van der Waals surface area contributed by atoms with E-state index in [0.29, 0.717) is 17.7 Å². The fraction of sp³-hybridized carbons (Fsp3) is 0.188. The van der Waals surface area contributed by atoms with Crippen LogP contribution in [-0.4, -0.2) is 17.2 Å². The van der Waals surface area contributed by atoms with Crippen LogP contribution in [0.1, 0.15) is 11.1 Å². The zero-order chi connectivity index (χ0) is 17.0. The Labute approximate surface area is 131 Å². The fourth-order valence-electron chi connectivity index (χ4n) is 1.93. The molecule has 0 aromatic heterocycles. The van der Waals surface area contributed by atoms with Crippen LogP contribution >= 0.6 is 0 Å². The summed E-state index contributed by atoms with van der Waals surface area (Å²) >= 11 is 0. The number of amides is 1. The van der Waals surface area contributed by atoms with Gasteiger partial charge in [0.1, 0.15) is 5.75 Å². The van der Waals surface area contributed by atoms with E-state index in [0.717, 1.165) is 5.69 Å². The summed E-state index contributed by atoms with van der Waals surface area (Å²) in [5.74, 6) is -1.82. The van der Waals surface area contributed by atoms with Crippen LogP contribution in [0, 0.1) is 6.92 Å². The molecule has 1 amide bonds. The molecule has 0 aliphatic rings. The first-order valence-corrected chi connectivity index (χ1v) is 6.76. The fourth-order valence-corrected chi connectivity index (χ4v) is 1.93. The van der Waals surface area contributed by atoms with E-state index in [1.165, 1.54) is 12.1 Å². The van der Waals surface area contributed by atoms with Gasteiger partial charge in [-0.25, -0.2) is 0 Å². The minimum atomic E-state index is -4.92. The molecule has 2 rings (SSSR count). The second-order valence-corrected chi connectivity index (χ2v) is 5.01. The third kappa shape index (κ3) is 4.64. The molecule has 2 aromatic carbocycles. The van der Waals surface area contributed by atoms with Gasteiger partial charge in [-0.05, 0) is 48.4 Å². The van der Waals surface area contributed by atoms with Crippen molar-refractivity contribution < 1.29 is 23.1 Å². The lowest BCUT2D eigenvalue weighted by Crippen LogP contribution is -2.29. The van der Waals surface area contributed by atoms with Crippen LogP contribution in [-0.2, 0) is 11.3 Å². The molecule has 0 spiro atoms. The molecule has 0 heterocycles. The zero-order valence-electron chi connectivity index (χ0n) is 12.2. The van der Waals surface area contributed by atoms with Gasteiger partial charge in [-0.1, -0.05) is 12.1 Å². The number of benzene rings is 2. The number of aromatic hydroxyl groups is 1. The third-order valence-corrected chi connectivity index (χ3v) is 3.14. The lowest BCUT2D eigenvalue weighted by Gasteiger charge is -2.11. The van der Waals surface area contributed by atoms with Gasteiger partial charge in [0.15, 0.2) is 0 Å². The predicted octanol–water partition coefficient (Wildman–Crippen LogP) is 3.81. The van der Waals surface area contributed by atoms with E-state index in [1.807, 2.05) is 5.32 Å². The Morgan fingerprint density at radius 2 is 1.87 bits per heavy atom. The van der Waals surface area contributed by atoms with Gasteiger partial charge in [-0.3, -0.25) is 4.79 Å². The van der Waals surface area contributed by atoms with Crippen LogP contribution in [0.3, 0.4) is 0 Å². The number of carbonyl (C=O) groups excluding carboxylic acids is 1. The van der Waals surface area contributed by atoms with Gasteiger partial charge in [0.25, 0.3) is 0 Å². The molecular formula is C16H15F3N2O2. The number of anilines is 2. The number of carbonyl (C=O) groups is 1. The molecule has 4 nitrogen and oxygen atoms in total. The van der Waals surface area contributed by atoms with Crippen LogP contribution in [0.5, 0.6) is 5.75 Å². The average Bonchev–Trinajstić information content (AvgIpc) is 2.48. The van der Waals surface area contributed by atoms with Crippen molar-refractivity contribution in [3.63, 3.8) is 0 Å². The summed E-state index contributed by atoms with van der Waals surface area (Å²) in [5, 5.41) is 14.4. The molecule has 0 atom stereocenters. The van der Waals surface area contributed by atoms with Crippen molar-refractivity contribution in [3.8, 4) is 5.75 Å². The van der Waals surface area contributed by atoms with Crippen LogP contribution in [0.2, 0.25) is 0 Å². The Kier molecular flexibility index (Phi) is 4.78. The molecule has 0 aliphatic carbocycles. The van der Waals surface area contributed by atoms with E-state index in [9.17, 15) is 23.1 Å². The molecule has 0 aliphatic heterocycles. The molecule has 0 bridgehead atoms. The van der Waals surface area contributed by atoms with E-state index in [2.05, 4.69) is 5.32 Å². The van der Waals surface area contributed by atoms with Gasteiger partial charge in [-0.2, -0.15) is 13.2 Å². The molecule has 3 N–H and O–H groups in total. The van der Waals surface area contributed by atoms with Crippen LogP contribution < -0.4 is 10.6 Å². The molecule has 0 fully saturated rings. The first-order chi connectivity index (χ1) is 10.8. The molecule has 0 unspecified atom stereocenters. The largest absolute Gasteiger partial charge is 0.508 e. The van der Waals surface area contributed by atoms with E-state index < -0.39 is 12.1 Å². The van der Waals surface area contributed by atoms with Crippen LogP contribution in [0.4, 0.5) is 24.5 Å². The van der Waals surface area contributed by atoms with Gasteiger partial charge in [0.05, 0.1) is 0 Å². The maximum atomic E-state index is 12.2. The number of hydrogen-bond acceptors (Lipinski definition) is 3. The number of halogens is 3. The maximum Gasteiger partial charge on any atom is 0.471 e. The summed E-state index contributed by atoms with van der Waals surface area (Å²) in [4.78, 5) is 10.9. The normalized spacial score (nSPS) is 11.1. The molecule has 2 aromatic rings. The Hall–Kier alpha value is -2.70. The summed E-state index contributed by atoms with van der Waals surface area (Å²) < 4.78 is 36.7. The summed E-state index contributed by atoms with van der Waals surface area (Å²) in [5.41, 5.74) is 2.26. The van der Waals surface area contributed by atoms with Crippen molar-refractivity contribution in [3.05, 3.63) is 53.6 Å². The highest BCUT2D eigenvalue weighted by Gasteiger charge is 2.38. The number of alkyl halides is 3. The second kappa shape index (κ2) is 6.60. The molecule has 23 heavy (non-hydrogen) atoms. The number of aryl methyl sites for hydroxylation is 1. The summed E-state index contributed by atoms with van der Waals surface area (Å²) in [7, 11) is 0. The highest BCUT2D eigenvalue weighted by atomic mass is 19.4.